The lowest BCUT2D eigenvalue weighted by Gasteiger charge is -2.52. The minimum absolute atomic E-state index is 0.308. The fraction of sp³-hybridized carbons (Fsp3) is 1.00. The summed E-state index contributed by atoms with van der Waals surface area (Å²) in [7, 11) is 0. The Morgan fingerprint density at radius 2 is 1.54 bits per heavy atom. The van der Waals surface area contributed by atoms with Gasteiger partial charge in [-0.2, -0.15) is 13.2 Å². The van der Waals surface area contributed by atoms with Crippen molar-refractivity contribution in [2.24, 2.45) is 0 Å². The number of nitrogens with zero attached hydrogens (tertiary/aromatic N) is 1. The lowest BCUT2D eigenvalue weighted by molar-refractivity contribution is -0.310. The largest absolute Gasteiger partial charge is 0.419 e. The molecule has 0 aromatic heterocycles. The molecule has 1 heterocycles. The number of rotatable bonds is 0. The highest BCUT2D eigenvalue weighted by Gasteiger charge is 2.62. The maximum absolute atomic E-state index is 12.2. The second-order valence-electron chi connectivity index (χ2n) is 4.56. The molecule has 0 bridgehead atoms. The average molecular weight is 197 g/mol. The molecular weight excluding hydrogens is 183 g/mol. The van der Waals surface area contributed by atoms with E-state index in [0.29, 0.717) is 0 Å². The van der Waals surface area contributed by atoms with Crippen LogP contribution in [0, 0.1) is 0 Å². The van der Waals surface area contributed by atoms with Gasteiger partial charge < -0.3 is 5.11 Å². The highest BCUT2D eigenvalue weighted by molar-refractivity contribution is 5.04. The number of hydrogen-bond donors (Lipinski definition) is 1. The van der Waals surface area contributed by atoms with Crippen LogP contribution in [0.2, 0.25) is 0 Å². The first-order chi connectivity index (χ1) is 5.56. The van der Waals surface area contributed by atoms with Crippen molar-refractivity contribution in [3.05, 3.63) is 0 Å². The van der Waals surface area contributed by atoms with Gasteiger partial charge in [0.15, 0.2) is 5.60 Å². The number of likely N-dealkylation sites (tertiary alicyclic amines) is 1. The first kappa shape index (κ1) is 10.8. The number of alkyl halides is 3. The third-order valence-electron chi connectivity index (χ3n) is 2.38. The molecule has 1 N–H and O–H groups in total. The molecule has 0 spiro atoms. The van der Waals surface area contributed by atoms with Gasteiger partial charge in [-0.05, 0) is 20.8 Å². The van der Waals surface area contributed by atoms with Gasteiger partial charge in [0.2, 0.25) is 0 Å². The molecule has 0 atom stereocenters. The van der Waals surface area contributed by atoms with E-state index in [9.17, 15) is 13.2 Å². The zero-order valence-corrected chi connectivity index (χ0v) is 7.94. The highest BCUT2D eigenvalue weighted by atomic mass is 19.4. The predicted molar refractivity (Wildman–Crippen MR) is 42.3 cm³/mol. The van der Waals surface area contributed by atoms with Crippen LogP contribution in [0.5, 0.6) is 0 Å². The van der Waals surface area contributed by atoms with Gasteiger partial charge in [-0.15, -0.1) is 0 Å². The molecule has 2 nitrogen and oxygen atoms in total. The Kier molecular flexibility index (Phi) is 2.16. The SMILES string of the molecule is CC(C)(C)N1CC(O)(C(F)(F)F)C1. The number of β-amino-alcohol motifs (C(OH)–C–C–N with tert-alkyl or cyclic N) is 1. The van der Waals surface area contributed by atoms with E-state index in [4.69, 9.17) is 5.11 Å². The second-order valence-corrected chi connectivity index (χ2v) is 4.56. The fourth-order valence-electron chi connectivity index (χ4n) is 1.24. The van der Waals surface area contributed by atoms with Crippen LogP contribution in [0.15, 0.2) is 0 Å². The van der Waals surface area contributed by atoms with Crippen molar-refractivity contribution in [3.8, 4) is 0 Å². The van der Waals surface area contributed by atoms with E-state index in [2.05, 4.69) is 0 Å². The quantitative estimate of drug-likeness (QED) is 0.634. The normalized spacial score (nSPS) is 24.2. The van der Waals surface area contributed by atoms with Gasteiger partial charge in [0, 0.05) is 18.6 Å². The zero-order chi connectivity index (χ0) is 10.5. The summed E-state index contributed by atoms with van der Waals surface area (Å²) >= 11 is 0. The summed E-state index contributed by atoms with van der Waals surface area (Å²) < 4.78 is 36.5. The lowest BCUT2D eigenvalue weighted by atomic mass is 9.88. The molecule has 1 aliphatic heterocycles. The standard InChI is InChI=1S/C8H14F3NO/c1-6(2,3)12-4-7(13,5-12)8(9,10)11/h13H,4-5H2,1-3H3. The Balaban J connectivity index is 2.58. The Labute approximate surface area is 75.3 Å². The molecule has 0 aromatic rings. The van der Waals surface area contributed by atoms with Crippen molar-refractivity contribution in [2.75, 3.05) is 13.1 Å². The summed E-state index contributed by atoms with van der Waals surface area (Å²) in [5.41, 5.74) is -2.79. The van der Waals surface area contributed by atoms with E-state index in [-0.39, 0.29) is 18.6 Å². The lowest BCUT2D eigenvalue weighted by Crippen LogP contribution is -2.72. The van der Waals surface area contributed by atoms with E-state index in [1.54, 1.807) is 4.90 Å². The zero-order valence-electron chi connectivity index (χ0n) is 7.94. The van der Waals surface area contributed by atoms with Crippen molar-refractivity contribution < 1.29 is 18.3 Å². The van der Waals surface area contributed by atoms with Crippen molar-refractivity contribution in [1.29, 1.82) is 0 Å². The number of hydrogen-bond acceptors (Lipinski definition) is 2. The van der Waals surface area contributed by atoms with Crippen molar-refractivity contribution in [3.63, 3.8) is 0 Å². The predicted octanol–water partition coefficient (Wildman–Crippen LogP) is 1.39. The Morgan fingerprint density at radius 1 is 1.15 bits per heavy atom. The summed E-state index contributed by atoms with van der Waals surface area (Å²) in [6.07, 6.45) is -4.51. The van der Waals surface area contributed by atoms with Crippen molar-refractivity contribution >= 4 is 0 Å². The minimum atomic E-state index is -4.51. The van der Waals surface area contributed by atoms with Crippen molar-refractivity contribution in [1.82, 2.24) is 4.90 Å². The summed E-state index contributed by atoms with van der Waals surface area (Å²) in [5, 5.41) is 9.11. The van der Waals surface area contributed by atoms with Crippen LogP contribution in [0.1, 0.15) is 20.8 Å². The van der Waals surface area contributed by atoms with E-state index >= 15 is 0 Å². The van der Waals surface area contributed by atoms with Gasteiger partial charge in [0.05, 0.1) is 0 Å². The van der Waals surface area contributed by atoms with Crippen LogP contribution in [-0.2, 0) is 0 Å². The fourth-order valence-corrected chi connectivity index (χ4v) is 1.24. The van der Waals surface area contributed by atoms with Crippen molar-refractivity contribution in [2.45, 2.75) is 38.1 Å². The van der Waals surface area contributed by atoms with Gasteiger partial charge in [-0.25, -0.2) is 0 Å². The molecule has 0 unspecified atom stereocenters. The summed E-state index contributed by atoms with van der Waals surface area (Å²) in [5.74, 6) is 0. The maximum Gasteiger partial charge on any atom is 0.419 e. The van der Waals surface area contributed by atoms with Gasteiger partial charge >= 0.3 is 6.18 Å². The van der Waals surface area contributed by atoms with Crippen LogP contribution < -0.4 is 0 Å². The summed E-state index contributed by atoms with van der Waals surface area (Å²) in [4.78, 5) is 1.60. The molecule has 78 valence electrons. The minimum Gasteiger partial charge on any atom is -0.378 e. The average Bonchev–Trinajstić information content (AvgIpc) is 1.75. The topological polar surface area (TPSA) is 23.5 Å². The third kappa shape index (κ3) is 1.81. The molecule has 0 amide bonds. The van der Waals surface area contributed by atoms with Crippen LogP contribution >= 0.6 is 0 Å². The number of aliphatic hydroxyl groups is 1. The molecule has 0 aromatic carbocycles. The molecule has 1 aliphatic rings. The first-order valence-corrected chi connectivity index (χ1v) is 4.10. The van der Waals surface area contributed by atoms with E-state index in [1.165, 1.54) is 0 Å². The highest BCUT2D eigenvalue weighted by Crippen LogP contribution is 2.40. The Bertz CT molecular complexity index is 200. The van der Waals surface area contributed by atoms with Crippen LogP contribution in [0.25, 0.3) is 0 Å². The molecule has 0 aliphatic carbocycles. The second kappa shape index (κ2) is 2.60. The molecule has 1 rings (SSSR count). The molecular formula is C8H14F3NO. The third-order valence-corrected chi connectivity index (χ3v) is 2.38. The molecule has 5 heteroatoms. The van der Waals surface area contributed by atoms with Crippen LogP contribution in [0.4, 0.5) is 13.2 Å². The van der Waals surface area contributed by atoms with E-state index in [0.717, 1.165) is 0 Å². The van der Waals surface area contributed by atoms with Crippen LogP contribution in [0.3, 0.4) is 0 Å². The van der Waals surface area contributed by atoms with Gasteiger partial charge in [-0.3, -0.25) is 4.90 Å². The molecule has 1 saturated heterocycles. The van der Waals surface area contributed by atoms with Gasteiger partial charge in [0.1, 0.15) is 0 Å². The molecule has 0 saturated carbocycles. The Hall–Kier alpha value is -0.290. The molecule has 1 fully saturated rings. The smallest absolute Gasteiger partial charge is 0.378 e. The Morgan fingerprint density at radius 3 is 1.77 bits per heavy atom. The summed E-state index contributed by atoms with van der Waals surface area (Å²) in [6, 6.07) is 0. The van der Waals surface area contributed by atoms with Crippen LogP contribution in [-0.4, -0.2) is 40.4 Å². The summed E-state index contributed by atoms with van der Waals surface area (Å²) in [6.45, 7) is 4.83. The first-order valence-electron chi connectivity index (χ1n) is 4.10. The van der Waals surface area contributed by atoms with E-state index in [1.807, 2.05) is 20.8 Å². The maximum atomic E-state index is 12.2. The van der Waals surface area contributed by atoms with Gasteiger partial charge in [0.25, 0.3) is 0 Å². The number of halogens is 3. The monoisotopic (exact) mass is 197 g/mol. The van der Waals surface area contributed by atoms with Gasteiger partial charge in [-0.1, -0.05) is 0 Å². The molecule has 13 heavy (non-hydrogen) atoms. The molecule has 0 radical (unpaired) electrons. The van der Waals surface area contributed by atoms with E-state index < -0.39 is 11.8 Å².